The van der Waals surface area contributed by atoms with Crippen LogP contribution in [0.2, 0.25) is 0 Å². The van der Waals surface area contributed by atoms with Gasteiger partial charge < -0.3 is 5.11 Å². The molecule has 21 heavy (non-hydrogen) atoms. The molecule has 0 amide bonds. The van der Waals surface area contributed by atoms with Crippen LogP contribution in [0.1, 0.15) is 78.6 Å². The highest BCUT2D eigenvalue weighted by Crippen LogP contribution is 2.58. The molecule has 1 nitrogen and oxygen atoms in total. The van der Waals surface area contributed by atoms with Gasteiger partial charge in [0.2, 0.25) is 0 Å². The molecule has 2 aliphatic rings. The smallest absolute Gasteiger partial charge is 0.0591 e. The number of allylic oxidation sites excluding steroid dienone is 2. The quantitative estimate of drug-likeness (QED) is 0.551. The van der Waals surface area contributed by atoms with Crippen LogP contribution < -0.4 is 0 Å². The zero-order chi connectivity index (χ0) is 15.5. The fraction of sp³-hybridized carbons (Fsp3) is 0.800. The van der Waals surface area contributed by atoms with E-state index in [1.165, 1.54) is 44.9 Å². The summed E-state index contributed by atoms with van der Waals surface area (Å²) in [7, 11) is 0. The first-order chi connectivity index (χ1) is 9.87. The van der Waals surface area contributed by atoms with E-state index in [2.05, 4.69) is 18.9 Å². The molecular weight excluding hydrogens is 256 g/mol. The molecule has 0 aliphatic heterocycles. The van der Waals surface area contributed by atoms with Crippen molar-refractivity contribution in [2.45, 2.75) is 84.2 Å². The second-order valence-corrected chi connectivity index (χ2v) is 8.13. The van der Waals surface area contributed by atoms with Crippen LogP contribution in [0.3, 0.4) is 0 Å². The molecule has 0 saturated heterocycles. The Balaban J connectivity index is 1.91. The highest BCUT2D eigenvalue weighted by atomic mass is 16.3. The van der Waals surface area contributed by atoms with Crippen molar-refractivity contribution in [3.63, 3.8) is 0 Å². The molecule has 2 rings (SSSR count). The van der Waals surface area contributed by atoms with E-state index in [0.717, 1.165) is 24.7 Å². The van der Waals surface area contributed by atoms with Crippen molar-refractivity contribution < 1.29 is 5.11 Å². The summed E-state index contributed by atoms with van der Waals surface area (Å²) in [5.41, 5.74) is 1.52. The van der Waals surface area contributed by atoms with E-state index < -0.39 is 5.60 Å². The summed E-state index contributed by atoms with van der Waals surface area (Å²) in [4.78, 5) is 0. The lowest BCUT2D eigenvalue weighted by atomic mass is 9.62. The zero-order valence-corrected chi connectivity index (χ0v) is 14.1. The van der Waals surface area contributed by atoms with Crippen LogP contribution in [0.25, 0.3) is 0 Å². The standard InChI is InChI=1S/C20H32O/c1-5-9-16-10-8-15-20(4)17(12-13-18(16)20)11-6-7-14-19(2,3)21/h1,9,17-18,21H,6-8,10-15H2,2-4H3/b16-9+. The number of unbranched alkanes of at least 4 members (excludes halogenated alkanes) is 1. The predicted molar refractivity (Wildman–Crippen MR) is 89.9 cm³/mol. The monoisotopic (exact) mass is 288 g/mol. The van der Waals surface area contributed by atoms with Crippen LogP contribution in [0, 0.1) is 29.6 Å². The van der Waals surface area contributed by atoms with Crippen LogP contribution in [-0.4, -0.2) is 10.7 Å². The van der Waals surface area contributed by atoms with E-state index in [0.29, 0.717) is 5.41 Å². The van der Waals surface area contributed by atoms with Crippen molar-refractivity contribution in [1.29, 1.82) is 0 Å². The van der Waals surface area contributed by atoms with Gasteiger partial charge in [-0.1, -0.05) is 31.3 Å². The minimum atomic E-state index is -0.504. The van der Waals surface area contributed by atoms with Crippen LogP contribution in [0.4, 0.5) is 0 Å². The van der Waals surface area contributed by atoms with Gasteiger partial charge in [-0.25, -0.2) is 0 Å². The summed E-state index contributed by atoms with van der Waals surface area (Å²) >= 11 is 0. The lowest BCUT2D eigenvalue weighted by molar-refractivity contribution is 0.0660. The Morgan fingerprint density at radius 3 is 2.81 bits per heavy atom. The predicted octanol–water partition coefficient (Wildman–Crippen LogP) is 5.09. The van der Waals surface area contributed by atoms with Crippen molar-refractivity contribution in [1.82, 2.24) is 0 Å². The molecule has 0 heterocycles. The Labute approximate surface area is 131 Å². The Morgan fingerprint density at radius 2 is 2.14 bits per heavy atom. The highest BCUT2D eigenvalue weighted by molar-refractivity contribution is 5.25. The normalized spacial score (nSPS) is 34.7. The highest BCUT2D eigenvalue weighted by Gasteiger charge is 2.48. The van der Waals surface area contributed by atoms with Gasteiger partial charge in [0.15, 0.2) is 0 Å². The van der Waals surface area contributed by atoms with Gasteiger partial charge in [-0.3, -0.25) is 0 Å². The van der Waals surface area contributed by atoms with Gasteiger partial charge in [-0.2, -0.15) is 0 Å². The molecule has 2 fully saturated rings. The lowest BCUT2D eigenvalue weighted by Gasteiger charge is -2.42. The SMILES string of the molecule is C#C/C=C1\CCCC2(C)C(CCCCC(C)(C)O)CCC12. The topological polar surface area (TPSA) is 20.2 Å². The third kappa shape index (κ3) is 3.92. The lowest BCUT2D eigenvalue weighted by Crippen LogP contribution is -2.33. The number of fused-ring (bicyclic) bond motifs is 1. The first kappa shape index (κ1) is 16.6. The van der Waals surface area contributed by atoms with Crippen molar-refractivity contribution in [2.24, 2.45) is 17.3 Å². The van der Waals surface area contributed by atoms with Crippen LogP contribution >= 0.6 is 0 Å². The summed E-state index contributed by atoms with van der Waals surface area (Å²) in [6.07, 6.45) is 18.8. The minimum Gasteiger partial charge on any atom is -0.390 e. The van der Waals surface area contributed by atoms with Gasteiger partial charge in [0.1, 0.15) is 0 Å². The molecule has 3 atom stereocenters. The van der Waals surface area contributed by atoms with E-state index in [4.69, 9.17) is 6.42 Å². The number of terminal acetylenes is 1. The number of rotatable bonds is 5. The summed E-state index contributed by atoms with van der Waals surface area (Å²) < 4.78 is 0. The molecule has 2 aliphatic carbocycles. The fourth-order valence-corrected chi connectivity index (χ4v) is 4.85. The zero-order valence-electron chi connectivity index (χ0n) is 14.1. The molecule has 0 spiro atoms. The molecule has 2 saturated carbocycles. The summed E-state index contributed by atoms with van der Waals surface area (Å²) in [5, 5.41) is 9.82. The molecular formula is C20H32O. The van der Waals surface area contributed by atoms with Crippen molar-refractivity contribution in [3.05, 3.63) is 11.6 Å². The fourth-order valence-electron chi connectivity index (χ4n) is 4.85. The second kappa shape index (κ2) is 6.57. The van der Waals surface area contributed by atoms with Gasteiger partial charge >= 0.3 is 0 Å². The van der Waals surface area contributed by atoms with Gasteiger partial charge in [0.05, 0.1) is 5.60 Å². The number of hydrogen-bond acceptors (Lipinski definition) is 1. The number of aliphatic hydroxyl groups is 1. The Morgan fingerprint density at radius 1 is 1.38 bits per heavy atom. The molecule has 0 aromatic rings. The molecule has 0 aromatic heterocycles. The van der Waals surface area contributed by atoms with E-state index in [1.54, 1.807) is 5.57 Å². The Kier molecular flexibility index (Phi) is 5.20. The second-order valence-electron chi connectivity index (χ2n) is 8.13. The maximum atomic E-state index is 9.82. The molecule has 1 N–H and O–H groups in total. The van der Waals surface area contributed by atoms with E-state index in [-0.39, 0.29) is 0 Å². The largest absolute Gasteiger partial charge is 0.390 e. The summed E-state index contributed by atoms with van der Waals surface area (Å²) in [6.45, 7) is 6.34. The van der Waals surface area contributed by atoms with E-state index >= 15 is 0 Å². The maximum absolute atomic E-state index is 9.82. The average molecular weight is 288 g/mol. The first-order valence-corrected chi connectivity index (χ1v) is 8.74. The van der Waals surface area contributed by atoms with Crippen molar-refractivity contribution >= 4 is 0 Å². The first-order valence-electron chi connectivity index (χ1n) is 8.74. The Bertz CT molecular complexity index is 420. The van der Waals surface area contributed by atoms with Crippen molar-refractivity contribution in [2.75, 3.05) is 0 Å². The maximum Gasteiger partial charge on any atom is 0.0591 e. The van der Waals surface area contributed by atoms with Gasteiger partial charge in [-0.05, 0) is 82.1 Å². The molecule has 0 radical (unpaired) electrons. The van der Waals surface area contributed by atoms with Crippen LogP contribution in [0.5, 0.6) is 0 Å². The average Bonchev–Trinajstić information content (AvgIpc) is 2.72. The molecule has 1 heteroatoms. The van der Waals surface area contributed by atoms with E-state index in [1.807, 2.05) is 13.8 Å². The molecule has 0 bridgehead atoms. The minimum absolute atomic E-state index is 0.482. The van der Waals surface area contributed by atoms with Crippen LogP contribution in [0.15, 0.2) is 11.6 Å². The molecule has 0 aromatic carbocycles. The summed E-state index contributed by atoms with van der Waals surface area (Å²) in [6, 6.07) is 0. The Hall–Kier alpha value is -0.740. The third-order valence-corrected chi connectivity index (χ3v) is 6.02. The van der Waals surface area contributed by atoms with E-state index in [9.17, 15) is 5.11 Å². The van der Waals surface area contributed by atoms with Gasteiger partial charge in [0.25, 0.3) is 0 Å². The summed E-state index contributed by atoms with van der Waals surface area (Å²) in [5.74, 6) is 4.35. The van der Waals surface area contributed by atoms with Crippen molar-refractivity contribution in [3.8, 4) is 12.3 Å². The van der Waals surface area contributed by atoms with Gasteiger partial charge in [0, 0.05) is 0 Å². The third-order valence-electron chi connectivity index (χ3n) is 6.02. The van der Waals surface area contributed by atoms with Gasteiger partial charge in [-0.15, -0.1) is 6.42 Å². The van der Waals surface area contributed by atoms with Crippen LogP contribution in [-0.2, 0) is 0 Å². The number of hydrogen-bond donors (Lipinski definition) is 1. The molecule has 118 valence electrons. The molecule has 3 unspecified atom stereocenters.